The average molecular weight is 177 g/mol. The maximum atomic E-state index is 10.5. The highest BCUT2D eigenvalue weighted by Crippen LogP contribution is 1.90. The molecule has 1 unspecified atom stereocenters. The zero-order chi connectivity index (χ0) is 8.85. The molecule has 0 spiro atoms. The average Bonchev–Trinajstić information content (AvgIpc) is 1.99. The number of hydrogen-bond acceptors (Lipinski definition) is 2. The normalized spacial score (nSPS) is 11.7. The quantitative estimate of drug-likeness (QED) is 0.443. The van der Waals surface area contributed by atoms with Crippen LogP contribution in [0.4, 0.5) is 0 Å². The van der Waals surface area contributed by atoms with Gasteiger partial charge in [-0.2, -0.15) is 0 Å². The van der Waals surface area contributed by atoms with Crippen molar-refractivity contribution < 1.29 is 9.59 Å². The molecule has 0 saturated carbocycles. The molecule has 0 bridgehead atoms. The van der Waals surface area contributed by atoms with Crippen molar-refractivity contribution in [2.75, 3.05) is 6.54 Å². The molecule has 0 saturated heterocycles. The predicted molar refractivity (Wildman–Crippen MR) is 42.0 cm³/mol. The lowest BCUT2D eigenvalue weighted by Gasteiger charge is -2.04. The monoisotopic (exact) mass is 176 g/mol. The summed E-state index contributed by atoms with van der Waals surface area (Å²) in [7, 11) is 0. The number of rotatable bonds is 4. The van der Waals surface area contributed by atoms with Crippen LogP contribution in [0.2, 0.25) is 0 Å². The largest absolute Gasteiger partial charge is 0.368 e. The van der Waals surface area contributed by atoms with E-state index in [0.717, 1.165) is 6.08 Å². The highest BCUT2D eigenvalue weighted by molar-refractivity contribution is 6.30. The van der Waals surface area contributed by atoms with E-state index in [2.05, 4.69) is 11.9 Å². The summed E-state index contributed by atoms with van der Waals surface area (Å²) in [6, 6.07) is 0. The molecule has 0 aromatic heterocycles. The third-order valence-corrected chi connectivity index (χ3v) is 1.32. The summed E-state index contributed by atoms with van der Waals surface area (Å²) in [5.74, 6) is -1.03. The summed E-state index contributed by atoms with van der Waals surface area (Å²) in [5, 5.41) is 1.46. The first-order valence-electron chi connectivity index (χ1n) is 2.91. The molecule has 11 heavy (non-hydrogen) atoms. The molecule has 3 N–H and O–H groups in total. The van der Waals surface area contributed by atoms with E-state index in [9.17, 15) is 9.59 Å². The zero-order valence-electron chi connectivity index (χ0n) is 5.84. The van der Waals surface area contributed by atoms with E-state index in [4.69, 9.17) is 17.3 Å². The van der Waals surface area contributed by atoms with Gasteiger partial charge in [-0.25, -0.2) is 0 Å². The number of nitrogens with two attached hydrogens (primary N) is 1. The third-order valence-electron chi connectivity index (χ3n) is 0.950. The van der Waals surface area contributed by atoms with Crippen LogP contribution < -0.4 is 11.1 Å². The fraction of sp³-hybridized carbons (Fsp3) is 0.333. The number of nitrogens with one attached hydrogen (secondary N) is 1. The van der Waals surface area contributed by atoms with Gasteiger partial charge in [0.25, 0.3) is 0 Å². The van der Waals surface area contributed by atoms with Gasteiger partial charge in [0.15, 0.2) is 0 Å². The summed E-state index contributed by atoms with van der Waals surface area (Å²) in [4.78, 5) is 20.8. The molecule has 0 fully saturated rings. The van der Waals surface area contributed by atoms with Gasteiger partial charge in [-0.05, 0) is 6.08 Å². The Morgan fingerprint density at radius 1 is 1.73 bits per heavy atom. The van der Waals surface area contributed by atoms with Crippen molar-refractivity contribution in [2.24, 2.45) is 5.73 Å². The molecule has 0 aromatic rings. The van der Waals surface area contributed by atoms with Crippen LogP contribution in [0.5, 0.6) is 0 Å². The van der Waals surface area contributed by atoms with E-state index in [1.165, 1.54) is 0 Å². The van der Waals surface area contributed by atoms with Crippen molar-refractivity contribution in [3.63, 3.8) is 0 Å². The Bertz CT molecular complexity index is 181. The Balaban J connectivity index is 3.62. The lowest BCUT2D eigenvalue weighted by atomic mass is 10.4. The van der Waals surface area contributed by atoms with E-state index in [0.29, 0.717) is 0 Å². The second-order valence-electron chi connectivity index (χ2n) is 1.82. The standard InChI is InChI=1S/C6H9ClN2O2/c1-2-5(10)9-3-4(7)6(8)11/h2,4H,1,3H2,(H2,8,11)(H,9,10). The van der Waals surface area contributed by atoms with Crippen LogP contribution in [0.15, 0.2) is 12.7 Å². The summed E-state index contributed by atoms with van der Waals surface area (Å²) < 4.78 is 0. The van der Waals surface area contributed by atoms with Crippen LogP contribution >= 0.6 is 11.6 Å². The molecule has 0 heterocycles. The number of carbonyl (C=O) groups is 2. The van der Waals surface area contributed by atoms with Gasteiger partial charge in [0, 0.05) is 6.54 Å². The zero-order valence-corrected chi connectivity index (χ0v) is 6.60. The maximum Gasteiger partial charge on any atom is 0.243 e. The number of hydrogen-bond donors (Lipinski definition) is 2. The molecule has 62 valence electrons. The summed E-state index contributed by atoms with van der Waals surface area (Å²) in [5.41, 5.74) is 4.82. The van der Waals surface area contributed by atoms with Crippen molar-refractivity contribution >= 4 is 23.4 Å². The minimum Gasteiger partial charge on any atom is -0.368 e. The van der Waals surface area contributed by atoms with Crippen molar-refractivity contribution in [1.82, 2.24) is 5.32 Å². The molecule has 1 atom stereocenters. The SMILES string of the molecule is C=CC(=O)NCC(Cl)C(N)=O. The van der Waals surface area contributed by atoms with Crippen LogP contribution in [-0.2, 0) is 9.59 Å². The Hall–Kier alpha value is -1.03. The van der Waals surface area contributed by atoms with E-state index in [-0.39, 0.29) is 12.5 Å². The van der Waals surface area contributed by atoms with Crippen LogP contribution in [0, 0.1) is 0 Å². The Labute approximate surface area is 69.4 Å². The summed E-state index contributed by atoms with van der Waals surface area (Å²) in [6.45, 7) is 3.24. The van der Waals surface area contributed by atoms with Gasteiger partial charge >= 0.3 is 0 Å². The number of halogens is 1. The lowest BCUT2D eigenvalue weighted by molar-refractivity contribution is -0.118. The first-order chi connectivity index (χ1) is 5.07. The number of carbonyl (C=O) groups excluding carboxylic acids is 2. The van der Waals surface area contributed by atoms with Gasteiger partial charge in [-0.3, -0.25) is 9.59 Å². The minimum absolute atomic E-state index is 0.0295. The van der Waals surface area contributed by atoms with E-state index in [1.807, 2.05) is 0 Å². The Morgan fingerprint density at radius 3 is 2.64 bits per heavy atom. The smallest absolute Gasteiger partial charge is 0.243 e. The van der Waals surface area contributed by atoms with Crippen molar-refractivity contribution in [3.8, 4) is 0 Å². The van der Waals surface area contributed by atoms with Crippen LogP contribution in [-0.4, -0.2) is 23.7 Å². The van der Waals surface area contributed by atoms with Gasteiger partial charge < -0.3 is 11.1 Å². The molecule has 0 aliphatic carbocycles. The van der Waals surface area contributed by atoms with Crippen LogP contribution in [0.25, 0.3) is 0 Å². The highest BCUT2D eigenvalue weighted by atomic mass is 35.5. The number of primary amides is 1. The first kappa shape index (κ1) is 9.97. The molecule has 4 nitrogen and oxygen atoms in total. The molecule has 0 radical (unpaired) electrons. The number of alkyl halides is 1. The third kappa shape index (κ3) is 4.38. The molecule has 2 amide bonds. The fourth-order valence-corrected chi connectivity index (χ4v) is 0.440. The van der Waals surface area contributed by atoms with E-state index in [1.54, 1.807) is 0 Å². The van der Waals surface area contributed by atoms with Crippen molar-refractivity contribution in [2.45, 2.75) is 5.38 Å². The highest BCUT2D eigenvalue weighted by Gasteiger charge is 2.10. The van der Waals surface area contributed by atoms with E-state index >= 15 is 0 Å². The van der Waals surface area contributed by atoms with Crippen LogP contribution in [0.3, 0.4) is 0 Å². The second-order valence-corrected chi connectivity index (χ2v) is 2.35. The summed E-state index contributed by atoms with van der Waals surface area (Å²) in [6.07, 6.45) is 1.09. The number of amides is 2. The van der Waals surface area contributed by atoms with Gasteiger partial charge in [0.2, 0.25) is 11.8 Å². The van der Waals surface area contributed by atoms with Crippen molar-refractivity contribution in [3.05, 3.63) is 12.7 Å². The summed E-state index contributed by atoms with van der Waals surface area (Å²) >= 11 is 5.39. The molecule has 0 aliphatic rings. The molecule has 0 aliphatic heterocycles. The topological polar surface area (TPSA) is 72.2 Å². The van der Waals surface area contributed by atoms with Gasteiger partial charge in [0.1, 0.15) is 5.38 Å². The molecule has 0 rings (SSSR count). The molecular weight excluding hydrogens is 168 g/mol. The van der Waals surface area contributed by atoms with Gasteiger partial charge in [-0.15, -0.1) is 11.6 Å². The molecule has 0 aromatic carbocycles. The van der Waals surface area contributed by atoms with Gasteiger partial charge in [-0.1, -0.05) is 6.58 Å². The second kappa shape index (κ2) is 4.73. The fourth-order valence-electron chi connectivity index (χ4n) is 0.363. The Morgan fingerprint density at radius 2 is 2.27 bits per heavy atom. The predicted octanol–water partition coefficient (Wildman–Crippen LogP) is -0.619. The van der Waals surface area contributed by atoms with Gasteiger partial charge in [0.05, 0.1) is 0 Å². The van der Waals surface area contributed by atoms with Crippen LogP contribution in [0.1, 0.15) is 0 Å². The Kier molecular flexibility index (Phi) is 4.29. The maximum absolute atomic E-state index is 10.5. The minimum atomic E-state index is -0.862. The van der Waals surface area contributed by atoms with E-state index < -0.39 is 11.3 Å². The van der Waals surface area contributed by atoms with Crippen molar-refractivity contribution in [1.29, 1.82) is 0 Å². The first-order valence-corrected chi connectivity index (χ1v) is 3.35. The molecular formula is C6H9ClN2O2. The molecule has 5 heteroatoms. The lowest BCUT2D eigenvalue weighted by Crippen LogP contribution is -2.36.